The number of pyridine rings is 1. The SMILES string of the molecule is COCCOC(=O)N(c1cc(F)nc(F)c1)c1nc(C(=O)NC2CCC2(C)C)c(C)s1. The number of nitrogens with one attached hydrogen (secondary N) is 1. The number of aryl methyl sites for hydroxylation is 1. The smallest absolute Gasteiger partial charge is 0.420 e. The monoisotopic (exact) mass is 454 g/mol. The summed E-state index contributed by atoms with van der Waals surface area (Å²) in [6.07, 6.45) is 0.977. The number of hydrogen-bond donors (Lipinski definition) is 1. The van der Waals surface area contributed by atoms with Gasteiger partial charge < -0.3 is 14.8 Å². The Bertz CT molecular complexity index is 962. The molecule has 0 aromatic carbocycles. The van der Waals surface area contributed by atoms with Gasteiger partial charge in [-0.3, -0.25) is 4.79 Å². The summed E-state index contributed by atoms with van der Waals surface area (Å²) in [5.74, 6) is -2.58. The number of amides is 2. The second-order valence-electron chi connectivity index (χ2n) is 7.87. The molecule has 0 spiro atoms. The van der Waals surface area contributed by atoms with Gasteiger partial charge in [-0.25, -0.2) is 14.7 Å². The van der Waals surface area contributed by atoms with Crippen LogP contribution in [0.1, 0.15) is 42.1 Å². The largest absolute Gasteiger partial charge is 0.446 e. The number of thiazole rings is 1. The predicted octanol–water partition coefficient (Wildman–Crippen LogP) is 3.96. The Hall–Kier alpha value is -2.66. The number of rotatable bonds is 7. The van der Waals surface area contributed by atoms with E-state index in [0.717, 1.165) is 41.2 Å². The fourth-order valence-corrected chi connectivity index (χ4v) is 4.12. The summed E-state index contributed by atoms with van der Waals surface area (Å²) in [7, 11) is 1.44. The van der Waals surface area contributed by atoms with E-state index in [1.807, 2.05) is 0 Å². The molecule has 31 heavy (non-hydrogen) atoms. The molecular weight excluding hydrogens is 430 g/mol. The third-order valence-electron chi connectivity index (χ3n) is 5.22. The first kappa shape index (κ1) is 23.0. The number of halogens is 2. The maximum Gasteiger partial charge on any atom is 0.420 e. The van der Waals surface area contributed by atoms with E-state index >= 15 is 0 Å². The Labute approximate surface area is 182 Å². The Kier molecular flexibility index (Phi) is 6.85. The molecule has 1 atom stereocenters. The first-order valence-electron chi connectivity index (χ1n) is 9.69. The van der Waals surface area contributed by atoms with Gasteiger partial charge in [0.1, 0.15) is 12.3 Å². The zero-order valence-corrected chi connectivity index (χ0v) is 18.5. The minimum Gasteiger partial charge on any atom is -0.446 e. The number of aromatic nitrogens is 2. The molecule has 0 aliphatic heterocycles. The second-order valence-corrected chi connectivity index (χ2v) is 9.05. The lowest BCUT2D eigenvalue weighted by molar-refractivity contribution is 0.0727. The van der Waals surface area contributed by atoms with Crippen LogP contribution < -0.4 is 10.2 Å². The molecule has 168 valence electrons. The summed E-state index contributed by atoms with van der Waals surface area (Å²) in [4.78, 5) is 34.3. The number of hydrogen-bond acceptors (Lipinski definition) is 7. The lowest BCUT2D eigenvalue weighted by Crippen LogP contribution is -2.52. The molecule has 2 amide bonds. The third-order valence-corrected chi connectivity index (χ3v) is 6.17. The van der Waals surface area contributed by atoms with Crippen LogP contribution in [0.3, 0.4) is 0 Å². The molecule has 8 nitrogen and oxygen atoms in total. The molecule has 1 N–H and O–H groups in total. The molecule has 11 heteroatoms. The summed E-state index contributed by atoms with van der Waals surface area (Å²) >= 11 is 1.03. The van der Waals surface area contributed by atoms with Gasteiger partial charge in [-0.2, -0.15) is 13.8 Å². The van der Waals surface area contributed by atoms with Crippen LogP contribution in [0.5, 0.6) is 0 Å². The van der Waals surface area contributed by atoms with Crippen LogP contribution in [0, 0.1) is 24.2 Å². The average molecular weight is 454 g/mol. The molecule has 1 aliphatic rings. The van der Waals surface area contributed by atoms with Gasteiger partial charge in [0.2, 0.25) is 17.0 Å². The molecule has 0 radical (unpaired) electrons. The zero-order valence-electron chi connectivity index (χ0n) is 17.7. The highest BCUT2D eigenvalue weighted by Gasteiger charge is 2.40. The van der Waals surface area contributed by atoms with Crippen LogP contribution in [0.15, 0.2) is 12.1 Å². The van der Waals surface area contributed by atoms with Gasteiger partial charge in [-0.15, -0.1) is 11.3 Å². The van der Waals surface area contributed by atoms with Crippen LogP contribution in [0.25, 0.3) is 0 Å². The van der Waals surface area contributed by atoms with Crippen molar-refractivity contribution in [3.05, 3.63) is 34.6 Å². The van der Waals surface area contributed by atoms with Crippen molar-refractivity contribution in [2.45, 2.75) is 39.7 Å². The van der Waals surface area contributed by atoms with Crippen LogP contribution in [0.2, 0.25) is 0 Å². The van der Waals surface area contributed by atoms with E-state index in [9.17, 15) is 18.4 Å². The summed E-state index contributed by atoms with van der Waals surface area (Å²) in [5, 5.41) is 3.01. The molecule has 0 saturated heterocycles. The predicted molar refractivity (Wildman–Crippen MR) is 111 cm³/mol. The van der Waals surface area contributed by atoms with Gasteiger partial charge >= 0.3 is 6.09 Å². The number of methoxy groups -OCH3 is 1. The molecule has 1 unspecified atom stereocenters. The van der Waals surface area contributed by atoms with E-state index < -0.39 is 18.0 Å². The molecule has 1 aliphatic carbocycles. The van der Waals surface area contributed by atoms with Crippen molar-refractivity contribution in [3.8, 4) is 0 Å². The number of carbonyl (C=O) groups is 2. The fourth-order valence-electron chi connectivity index (χ4n) is 3.20. The van der Waals surface area contributed by atoms with Gasteiger partial charge in [0, 0.05) is 30.2 Å². The van der Waals surface area contributed by atoms with E-state index in [2.05, 4.69) is 29.1 Å². The minimum absolute atomic E-state index is 0.00565. The van der Waals surface area contributed by atoms with Gasteiger partial charge in [-0.05, 0) is 25.2 Å². The third kappa shape index (κ3) is 5.16. The Balaban J connectivity index is 1.91. The molecule has 2 aromatic heterocycles. The van der Waals surface area contributed by atoms with Crippen molar-refractivity contribution >= 4 is 34.2 Å². The number of nitrogens with zero attached hydrogens (tertiary/aromatic N) is 3. The Morgan fingerprint density at radius 1 is 1.26 bits per heavy atom. The van der Waals surface area contributed by atoms with E-state index in [1.54, 1.807) is 6.92 Å². The van der Waals surface area contributed by atoms with E-state index in [1.165, 1.54) is 7.11 Å². The fraction of sp³-hybridized carbons (Fsp3) is 0.500. The van der Waals surface area contributed by atoms with Crippen LogP contribution in [-0.2, 0) is 9.47 Å². The number of carbonyl (C=O) groups excluding carboxylic acids is 2. The van der Waals surface area contributed by atoms with Crippen molar-refractivity contribution in [1.82, 2.24) is 15.3 Å². The number of anilines is 2. The normalized spacial score (nSPS) is 17.0. The average Bonchev–Trinajstić information content (AvgIpc) is 3.06. The van der Waals surface area contributed by atoms with Crippen molar-refractivity contribution in [1.29, 1.82) is 0 Å². The van der Waals surface area contributed by atoms with Crippen molar-refractivity contribution < 1.29 is 27.8 Å². The van der Waals surface area contributed by atoms with Crippen LogP contribution in [-0.4, -0.2) is 48.3 Å². The van der Waals surface area contributed by atoms with Gasteiger partial charge in [0.25, 0.3) is 5.91 Å². The first-order chi connectivity index (χ1) is 14.6. The topological polar surface area (TPSA) is 93.7 Å². The molecule has 1 saturated carbocycles. The molecule has 2 aromatic rings. The highest BCUT2D eigenvalue weighted by Crippen LogP contribution is 2.40. The lowest BCUT2D eigenvalue weighted by Gasteiger charge is -2.44. The summed E-state index contributed by atoms with van der Waals surface area (Å²) in [5.41, 5.74) is -0.00764. The minimum atomic E-state index is -1.11. The van der Waals surface area contributed by atoms with Gasteiger partial charge in [0.05, 0.1) is 12.3 Å². The lowest BCUT2D eigenvalue weighted by atomic mass is 9.67. The molecular formula is C20H24F2N4O4S. The van der Waals surface area contributed by atoms with Crippen LogP contribution >= 0.6 is 11.3 Å². The highest BCUT2D eigenvalue weighted by molar-refractivity contribution is 7.16. The zero-order chi connectivity index (χ0) is 22.8. The second kappa shape index (κ2) is 9.23. The molecule has 0 bridgehead atoms. The van der Waals surface area contributed by atoms with E-state index in [-0.39, 0.29) is 47.1 Å². The Morgan fingerprint density at radius 2 is 1.94 bits per heavy atom. The standard InChI is InChI=1S/C20H24F2N4O4S/c1-11-16(17(27)23-13-5-6-20(13,2)3)25-18(31-11)26(19(28)30-8-7-29-4)12-9-14(21)24-15(22)10-12/h9-10,13H,5-8H2,1-4H3,(H,23,27). The quantitative estimate of drug-likeness (QED) is 0.503. The molecule has 2 heterocycles. The van der Waals surface area contributed by atoms with Crippen molar-refractivity contribution in [2.24, 2.45) is 5.41 Å². The maximum absolute atomic E-state index is 13.7. The Morgan fingerprint density at radius 3 is 2.48 bits per heavy atom. The van der Waals surface area contributed by atoms with E-state index in [0.29, 0.717) is 4.88 Å². The molecule has 1 fully saturated rings. The maximum atomic E-state index is 13.7. The summed E-state index contributed by atoms with van der Waals surface area (Å²) in [6, 6.07) is 1.80. The first-order valence-corrected chi connectivity index (χ1v) is 10.5. The van der Waals surface area contributed by atoms with Crippen LogP contribution in [0.4, 0.5) is 24.4 Å². The van der Waals surface area contributed by atoms with Gasteiger partial charge in [0.15, 0.2) is 0 Å². The van der Waals surface area contributed by atoms with Crippen molar-refractivity contribution in [3.63, 3.8) is 0 Å². The molecule has 3 rings (SSSR count). The summed E-state index contributed by atoms with van der Waals surface area (Å²) in [6.45, 7) is 5.90. The highest BCUT2D eigenvalue weighted by atomic mass is 32.1. The number of ether oxygens (including phenoxy) is 2. The van der Waals surface area contributed by atoms with Crippen molar-refractivity contribution in [2.75, 3.05) is 25.2 Å². The van der Waals surface area contributed by atoms with Gasteiger partial charge in [-0.1, -0.05) is 13.8 Å². The summed E-state index contributed by atoms with van der Waals surface area (Å²) < 4.78 is 37.4. The van der Waals surface area contributed by atoms with E-state index in [4.69, 9.17) is 9.47 Å².